The Hall–Kier alpha value is -0.510. The van der Waals surface area contributed by atoms with E-state index in [0.29, 0.717) is 6.04 Å². The minimum Gasteiger partial charge on any atom is -0.392 e. The number of aliphatic hydroxyl groups excluding tert-OH is 1. The van der Waals surface area contributed by atoms with E-state index < -0.39 is 0 Å². The van der Waals surface area contributed by atoms with E-state index in [0.717, 1.165) is 25.1 Å². The SMILES string of the molecule is O[C@H]1CCCC[C@@H]1NCCSc1ccccc1. The Morgan fingerprint density at radius 2 is 1.94 bits per heavy atom. The van der Waals surface area contributed by atoms with Gasteiger partial charge in [0.2, 0.25) is 0 Å². The summed E-state index contributed by atoms with van der Waals surface area (Å²) in [6.07, 6.45) is 4.38. The Kier molecular flexibility index (Phi) is 5.36. The molecule has 1 aromatic rings. The van der Waals surface area contributed by atoms with Gasteiger partial charge in [-0.15, -0.1) is 11.8 Å². The summed E-state index contributed by atoms with van der Waals surface area (Å²) >= 11 is 1.87. The van der Waals surface area contributed by atoms with Gasteiger partial charge in [0.15, 0.2) is 0 Å². The quantitative estimate of drug-likeness (QED) is 0.623. The number of aliphatic hydroxyl groups is 1. The molecule has 1 aromatic carbocycles. The highest BCUT2D eigenvalue weighted by molar-refractivity contribution is 7.99. The highest BCUT2D eigenvalue weighted by atomic mass is 32.2. The first-order valence-corrected chi connectivity index (χ1v) is 7.44. The lowest BCUT2D eigenvalue weighted by molar-refractivity contribution is 0.0921. The standard InChI is InChI=1S/C14H21NOS/c16-14-9-5-4-8-13(14)15-10-11-17-12-6-2-1-3-7-12/h1-3,6-7,13-16H,4-5,8-11H2/t13-,14-/m0/s1. The zero-order chi connectivity index (χ0) is 11.9. The van der Waals surface area contributed by atoms with Crippen LogP contribution in [-0.2, 0) is 0 Å². The van der Waals surface area contributed by atoms with Crippen molar-refractivity contribution in [3.05, 3.63) is 30.3 Å². The van der Waals surface area contributed by atoms with Gasteiger partial charge in [-0.2, -0.15) is 0 Å². The molecule has 1 aliphatic rings. The summed E-state index contributed by atoms with van der Waals surface area (Å²) in [4.78, 5) is 1.32. The number of rotatable bonds is 5. The molecule has 0 amide bonds. The van der Waals surface area contributed by atoms with Gasteiger partial charge in [-0.25, -0.2) is 0 Å². The van der Waals surface area contributed by atoms with Crippen molar-refractivity contribution in [2.45, 2.75) is 42.7 Å². The van der Waals surface area contributed by atoms with E-state index in [4.69, 9.17) is 0 Å². The average molecular weight is 251 g/mol. The molecule has 0 spiro atoms. The van der Waals surface area contributed by atoms with Crippen molar-refractivity contribution in [1.82, 2.24) is 5.32 Å². The topological polar surface area (TPSA) is 32.3 Å². The van der Waals surface area contributed by atoms with Gasteiger partial charge in [0.25, 0.3) is 0 Å². The Balaban J connectivity index is 1.63. The molecule has 0 aromatic heterocycles. The average Bonchev–Trinajstić information content (AvgIpc) is 2.38. The molecular weight excluding hydrogens is 230 g/mol. The first kappa shape index (κ1) is 12.9. The van der Waals surface area contributed by atoms with Crippen LogP contribution in [0.25, 0.3) is 0 Å². The maximum absolute atomic E-state index is 9.82. The second kappa shape index (κ2) is 7.04. The molecule has 0 heterocycles. The minimum absolute atomic E-state index is 0.134. The molecule has 94 valence electrons. The smallest absolute Gasteiger partial charge is 0.0693 e. The highest BCUT2D eigenvalue weighted by Gasteiger charge is 2.21. The third kappa shape index (κ3) is 4.34. The van der Waals surface area contributed by atoms with E-state index in [-0.39, 0.29) is 6.10 Å². The number of thioether (sulfide) groups is 1. The molecule has 0 aliphatic heterocycles. The van der Waals surface area contributed by atoms with Crippen molar-refractivity contribution >= 4 is 11.8 Å². The lowest BCUT2D eigenvalue weighted by atomic mass is 9.93. The molecule has 2 rings (SSSR count). The summed E-state index contributed by atoms with van der Waals surface area (Å²) in [5, 5.41) is 13.3. The molecule has 0 saturated heterocycles. The van der Waals surface area contributed by atoms with E-state index in [2.05, 4.69) is 29.6 Å². The molecule has 3 heteroatoms. The number of benzene rings is 1. The van der Waals surface area contributed by atoms with Gasteiger partial charge in [0.1, 0.15) is 0 Å². The zero-order valence-corrected chi connectivity index (χ0v) is 11.0. The lowest BCUT2D eigenvalue weighted by Gasteiger charge is -2.28. The molecule has 0 radical (unpaired) electrons. The van der Waals surface area contributed by atoms with Crippen molar-refractivity contribution in [1.29, 1.82) is 0 Å². The molecule has 0 bridgehead atoms. The predicted molar refractivity (Wildman–Crippen MR) is 73.4 cm³/mol. The monoisotopic (exact) mass is 251 g/mol. The van der Waals surface area contributed by atoms with Gasteiger partial charge in [0, 0.05) is 23.2 Å². The first-order chi connectivity index (χ1) is 8.36. The van der Waals surface area contributed by atoms with Gasteiger partial charge in [-0.05, 0) is 25.0 Å². The minimum atomic E-state index is -0.134. The van der Waals surface area contributed by atoms with Crippen LogP contribution in [0.1, 0.15) is 25.7 Å². The van der Waals surface area contributed by atoms with Crippen LogP contribution in [0.15, 0.2) is 35.2 Å². The summed E-state index contributed by atoms with van der Waals surface area (Å²) in [6.45, 7) is 0.973. The molecule has 2 atom stereocenters. The van der Waals surface area contributed by atoms with Crippen molar-refractivity contribution in [2.75, 3.05) is 12.3 Å². The molecular formula is C14H21NOS. The number of nitrogens with one attached hydrogen (secondary N) is 1. The van der Waals surface area contributed by atoms with Gasteiger partial charge >= 0.3 is 0 Å². The second-order valence-corrected chi connectivity index (χ2v) is 5.74. The Morgan fingerprint density at radius 1 is 1.18 bits per heavy atom. The fraction of sp³-hybridized carbons (Fsp3) is 0.571. The van der Waals surface area contributed by atoms with E-state index >= 15 is 0 Å². The van der Waals surface area contributed by atoms with Crippen LogP contribution < -0.4 is 5.32 Å². The third-order valence-corrected chi connectivity index (χ3v) is 4.26. The molecule has 0 unspecified atom stereocenters. The summed E-state index contributed by atoms with van der Waals surface area (Å²) in [5.41, 5.74) is 0. The number of hydrogen-bond acceptors (Lipinski definition) is 3. The van der Waals surface area contributed by atoms with Gasteiger partial charge in [-0.3, -0.25) is 0 Å². The first-order valence-electron chi connectivity index (χ1n) is 6.45. The van der Waals surface area contributed by atoms with E-state index in [1.165, 1.54) is 17.7 Å². The predicted octanol–water partition coefficient (Wildman–Crippen LogP) is 2.67. The van der Waals surface area contributed by atoms with Crippen LogP contribution in [0.2, 0.25) is 0 Å². The summed E-state index contributed by atoms with van der Waals surface area (Å²) in [5.74, 6) is 1.06. The van der Waals surface area contributed by atoms with Gasteiger partial charge in [-0.1, -0.05) is 31.0 Å². The fourth-order valence-corrected chi connectivity index (χ4v) is 3.08. The third-order valence-electron chi connectivity index (χ3n) is 3.25. The Labute approximate surface area is 108 Å². The molecule has 2 nitrogen and oxygen atoms in total. The molecule has 1 saturated carbocycles. The van der Waals surface area contributed by atoms with Crippen molar-refractivity contribution in [3.63, 3.8) is 0 Å². The molecule has 17 heavy (non-hydrogen) atoms. The maximum Gasteiger partial charge on any atom is 0.0693 e. The van der Waals surface area contributed by atoms with E-state index in [1.54, 1.807) is 0 Å². The maximum atomic E-state index is 9.82. The van der Waals surface area contributed by atoms with E-state index in [1.807, 2.05) is 17.8 Å². The Morgan fingerprint density at radius 3 is 2.71 bits per heavy atom. The largest absolute Gasteiger partial charge is 0.392 e. The van der Waals surface area contributed by atoms with Crippen LogP contribution in [0.3, 0.4) is 0 Å². The van der Waals surface area contributed by atoms with Crippen LogP contribution in [-0.4, -0.2) is 29.5 Å². The van der Waals surface area contributed by atoms with Crippen LogP contribution in [0.4, 0.5) is 0 Å². The van der Waals surface area contributed by atoms with Gasteiger partial charge in [0.05, 0.1) is 6.10 Å². The molecule has 1 fully saturated rings. The number of hydrogen-bond donors (Lipinski definition) is 2. The van der Waals surface area contributed by atoms with Crippen LogP contribution >= 0.6 is 11.8 Å². The summed E-state index contributed by atoms with van der Waals surface area (Å²) < 4.78 is 0. The lowest BCUT2D eigenvalue weighted by Crippen LogP contribution is -2.42. The van der Waals surface area contributed by atoms with Crippen LogP contribution in [0.5, 0.6) is 0 Å². The fourth-order valence-electron chi connectivity index (χ4n) is 2.28. The Bertz CT molecular complexity index is 317. The molecule has 1 aliphatic carbocycles. The van der Waals surface area contributed by atoms with Crippen molar-refractivity contribution in [2.24, 2.45) is 0 Å². The van der Waals surface area contributed by atoms with E-state index in [9.17, 15) is 5.11 Å². The van der Waals surface area contributed by atoms with Crippen molar-refractivity contribution < 1.29 is 5.11 Å². The highest BCUT2D eigenvalue weighted by Crippen LogP contribution is 2.19. The van der Waals surface area contributed by atoms with Gasteiger partial charge < -0.3 is 10.4 Å². The summed E-state index contributed by atoms with van der Waals surface area (Å²) in [7, 11) is 0. The van der Waals surface area contributed by atoms with Crippen LogP contribution in [0, 0.1) is 0 Å². The van der Waals surface area contributed by atoms with Crippen molar-refractivity contribution in [3.8, 4) is 0 Å². The second-order valence-electron chi connectivity index (χ2n) is 4.57. The summed E-state index contributed by atoms with van der Waals surface area (Å²) in [6, 6.07) is 10.8. The zero-order valence-electron chi connectivity index (χ0n) is 10.1. The molecule has 2 N–H and O–H groups in total. The normalized spacial score (nSPS) is 24.8.